The molecule has 1 N–H and O–H groups in total. The molecule has 0 aliphatic carbocycles. The van der Waals surface area contributed by atoms with Gasteiger partial charge in [0, 0.05) is 13.1 Å². The number of carbonyl (C=O) groups excluding carboxylic acids is 2. The first kappa shape index (κ1) is 31.9. The number of amides is 2. The zero-order chi connectivity index (χ0) is 30.4. The van der Waals surface area contributed by atoms with Crippen LogP contribution in [0.1, 0.15) is 31.4 Å². The number of nitrogens with one attached hydrogen (secondary N) is 1. The van der Waals surface area contributed by atoms with Crippen molar-refractivity contribution in [3.63, 3.8) is 0 Å². The van der Waals surface area contributed by atoms with E-state index >= 15 is 0 Å². The topological polar surface area (TPSA) is 86.8 Å². The Morgan fingerprint density at radius 3 is 2.22 bits per heavy atom. The number of nitrogens with zero attached hydrogens (tertiary/aromatic N) is 2. The number of halogens is 5. The maximum atomic E-state index is 13.8. The van der Waals surface area contributed by atoms with Gasteiger partial charge in [-0.25, -0.2) is 12.8 Å². The number of benzene rings is 3. The van der Waals surface area contributed by atoms with Gasteiger partial charge in [0.2, 0.25) is 11.8 Å². The maximum absolute atomic E-state index is 13.8. The van der Waals surface area contributed by atoms with Gasteiger partial charge in [-0.2, -0.15) is 13.2 Å². The molecule has 0 saturated heterocycles. The van der Waals surface area contributed by atoms with Crippen LogP contribution < -0.4 is 9.62 Å². The predicted octanol–water partition coefficient (Wildman–Crippen LogP) is 5.64. The number of anilines is 1. The lowest BCUT2D eigenvalue weighted by atomic mass is 10.1. The molecular formula is C28H28ClF4N3O4S. The van der Waals surface area contributed by atoms with Gasteiger partial charge in [0.15, 0.2) is 0 Å². The smallest absolute Gasteiger partial charge is 0.354 e. The maximum Gasteiger partial charge on any atom is 0.416 e. The molecule has 0 aliphatic heterocycles. The molecule has 0 heterocycles. The van der Waals surface area contributed by atoms with Crippen LogP contribution in [0.4, 0.5) is 23.2 Å². The van der Waals surface area contributed by atoms with Gasteiger partial charge in [-0.05, 0) is 61.4 Å². The molecule has 0 aliphatic rings. The SMILES string of the molecule is CCCNC(=O)[C@@H](C)N(Cc1ccc(F)cc1)C(=O)CN(c1cc(C(F)(F)F)ccc1Cl)S(=O)(=O)c1ccccc1. The average Bonchev–Trinajstić information content (AvgIpc) is 2.94. The number of sulfonamides is 1. The summed E-state index contributed by atoms with van der Waals surface area (Å²) >= 11 is 6.21. The van der Waals surface area contributed by atoms with Crippen molar-refractivity contribution in [3.05, 3.63) is 94.8 Å². The van der Waals surface area contributed by atoms with Crippen molar-refractivity contribution < 1.29 is 35.6 Å². The molecule has 0 unspecified atom stereocenters. The van der Waals surface area contributed by atoms with E-state index in [1.54, 1.807) is 6.07 Å². The lowest BCUT2D eigenvalue weighted by molar-refractivity contribution is -0.139. The molecule has 0 aromatic heterocycles. The summed E-state index contributed by atoms with van der Waals surface area (Å²) < 4.78 is 82.2. The highest BCUT2D eigenvalue weighted by Gasteiger charge is 2.36. The first-order valence-corrected chi connectivity index (χ1v) is 14.3. The van der Waals surface area contributed by atoms with Gasteiger partial charge < -0.3 is 10.2 Å². The van der Waals surface area contributed by atoms with E-state index < -0.39 is 57.7 Å². The van der Waals surface area contributed by atoms with E-state index in [1.165, 1.54) is 43.3 Å². The monoisotopic (exact) mass is 613 g/mol. The molecule has 3 aromatic rings. The molecule has 0 saturated carbocycles. The molecular weight excluding hydrogens is 586 g/mol. The lowest BCUT2D eigenvalue weighted by Gasteiger charge is -2.32. The number of hydrogen-bond donors (Lipinski definition) is 1. The Bertz CT molecular complexity index is 1470. The van der Waals surface area contributed by atoms with E-state index in [0.29, 0.717) is 35.0 Å². The molecule has 3 rings (SSSR count). The van der Waals surface area contributed by atoms with Gasteiger partial charge in [-0.3, -0.25) is 13.9 Å². The quantitative estimate of drug-likeness (QED) is 0.284. The minimum atomic E-state index is -4.83. The fourth-order valence-corrected chi connectivity index (χ4v) is 5.59. The molecule has 41 heavy (non-hydrogen) atoms. The summed E-state index contributed by atoms with van der Waals surface area (Å²) in [6, 6.07) is 13.0. The Balaban J connectivity index is 2.11. The Morgan fingerprint density at radius 1 is 1.00 bits per heavy atom. The number of rotatable bonds is 11. The molecule has 0 radical (unpaired) electrons. The van der Waals surface area contributed by atoms with E-state index in [9.17, 15) is 35.6 Å². The minimum Gasteiger partial charge on any atom is -0.354 e. The first-order chi connectivity index (χ1) is 19.3. The summed E-state index contributed by atoms with van der Waals surface area (Å²) in [5.41, 5.74) is -1.30. The van der Waals surface area contributed by atoms with E-state index in [-0.39, 0.29) is 16.5 Å². The third kappa shape index (κ3) is 7.98. The highest BCUT2D eigenvalue weighted by molar-refractivity contribution is 7.92. The van der Waals surface area contributed by atoms with Gasteiger partial charge in [-0.1, -0.05) is 48.9 Å². The summed E-state index contributed by atoms with van der Waals surface area (Å²) in [7, 11) is -4.62. The fraction of sp³-hybridized carbons (Fsp3) is 0.286. The standard InChI is InChI=1S/C28H28ClF4N3O4S/c1-3-15-34-27(38)19(2)35(17-20-9-12-22(30)13-10-20)26(37)18-36(41(39,40)23-7-5-4-6-8-23)25-16-21(28(31,32)33)11-14-24(25)29/h4-14,16,19H,3,15,17-18H2,1-2H3,(H,34,38)/t19-/m1/s1. The van der Waals surface area contributed by atoms with Crippen LogP contribution in [-0.2, 0) is 32.3 Å². The Morgan fingerprint density at radius 2 is 1.63 bits per heavy atom. The van der Waals surface area contributed by atoms with Crippen molar-refractivity contribution in [2.75, 3.05) is 17.4 Å². The Hall–Kier alpha value is -3.64. The highest BCUT2D eigenvalue weighted by Crippen LogP contribution is 2.37. The van der Waals surface area contributed by atoms with Crippen LogP contribution in [0.5, 0.6) is 0 Å². The molecule has 13 heteroatoms. The largest absolute Gasteiger partial charge is 0.416 e. The zero-order valence-corrected chi connectivity index (χ0v) is 23.7. The molecule has 3 aromatic carbocycles. The normalized spacial score (nSPS) is 12.5. The molecule has 0 bridgehead atoms. The van der Waals surface area contributed by atoms with Gasteiger partial charge in [0.25, 0.3) is 10.0 Å². The molecule has 220 valence electrons. The Labute approximate surface area is 240 Å². The van der Waals surface area contributed by atoms with E-state index in [1.807, 2.05) is 6.92 Å². The molecule has 0 spiro atoms. The van der Waals surface area contributed by atoms with Crippen LogP contribution in [0.3, 0.4) is 0 Å². The van der Waals surface area contributed by atoms with Crippen LogP contribution in [0.15, 0.2) is 77.7 Å². The summed E-state index contributed by atoms with van der Waals surface area (Å²) in [6.45, 7) is 2.38. The summed E-state index contributed by atoms with van der Waals surface area (Å²) in [4.78, 5) is 27.4. The summed E-state index contributed by atoms with van der Waals surface area (Å²) in [5, 5.41) is 2.32. The van der Waals surface area contributed by atoms with Crippen molar-refractivity contribution in [1.82, 2.24) is 10.2 Å². The molecule has 0 fully saturated rings. The summed E-state index contributed by atoms with van der Waals surface area (Å²) in [5.74, 6) is -1.96. The number of alkyl halides is 3. The van der Waals surface area contributed by atoms with Crippen LogP contribution in [0, 0.1) is 5.82 Å². The lowest BCUT2D eigenvalue weighted by Crippen LogP contribution is -2.51. The van der Waals surface area contributed by atoms with E-state index in [2.05, 4.69) is 5.32 Å². The van der Waals surface area contributed by atoms with Crippen molar-refractivity contribution in [3.8, 4) is 0 Å². The van der Waals surface area contributed by atoms with Gasteiger partial charge in [0.1, 0.15) is 18.4 Å². The van der Waals surface area contributed by atoms with Crippen molar-refractivity contribution in [2.24, 2.45) is 0 Å². The van der Waals surface area contributed by atoms with Crippen LogP contribution in [0.25, 0.3) is 0 Å². The zero-order valence-electron chi connectivity index (χ0n) is 22.2. The minimum absolute atomic E-state index is 0.213. The summed E-state index contributed by atoms with van der Waals surface area (Å²) in [6.07, 6.45) is -4.21. The predicted molar refractivity (Wildman–Crippen MR) is 147 cm³/mol. The van der Waals surface area contributed by atoms with Crippen molar-refractivity contribution in [1.29, 1.82) is 0 Å². The van der Waals surface area contributed by atoms with Gasteiger partial charge in [-0.15, -0.1) is 0 Å². The molecule has 1 atom stereocenters. The average molecular weight is 614 g/mol. The third-order valence-electron chi connectivity index (χ3n) is 6.13. The van der Waals surface area contributed by atoms with E-state index in [4.69, 9.17) is 11.6 Å². The molecule has 7 nitrogen and oxygen atoms in total. The molecule has 2 amide bonds. The van der Waals surface area contributed by atoms with Crippen molar-refractivity contribution in [2.45, 2.75) is 43.9 Å². The fourth-order valence-electron chi connectivity index (χ4n) is 3.88. The third-order valence-corrected chi connectivity index (χ3v) is 8.23. The van der Waals surface area contributed by atoms with Crippen LogP contribution in [-0.4, -0.2) is 44.3 Å². The van der Waals surface area contributed by atoms with Gasteiger partial charge in [0.05, 0.1) is 21.2 Å². The van der Waals surface area contributed by atoms with E-state index in [0.717, 1.165) is 23.1 Å². The van der Waals surface area contributed by atoms with Crippen LogP contribution in [0.2, 0.25) is 5.02 Å². The van der Waals surface area contributed by atoms with Gasteiger partial charge >= 0.3 is 6.18 Å². The number of hydrogen-bond acceptors (Lipinski definition) is 4. The first-order valence-electron chi connectivity index (χ1n) is 12.5. The number of carbonyl (C=O) groups is 2. The second-order valence-electron chi connectivity index (χ2n) is 9.10. The highest BCUT2D eigenvalue weighted by atomic mass is 35.5. The van der Waals surface area contributed by atoms with Crippen LogP contribution >= 0.6 is 11.6 Å². The Kier molecular flexibility index (Phi) is 10.4. The second-order valence-corrected chi connectivity index (χ2v) is 11.4. The second kappa shape index (κ2) is 13.3. The van der Waals surface area contributed by atoms with Crippen molar-refractivity contribution >= 4 is 39.1 Å².